The Hall–Kier alpha value is -0.0200. The summed E-state index contributed by atoms with van der Waals surface area (Å²) in [6.07, 6.45) is 1.73. The second kappa shape index (κ2) is 6.46. The molecule has 3 heteroatoms. The molecule has 0 bridgehead atoms. The molecule has 1 nitrogen and oxygen atoms in total. The summed E-state index contributed by atoms with van der Waals surface area (Å²) in [6.45, 7) is 4.52. The van der Waals surface area contributed by atoms with E-state index in [1.165, 1.54) is 5.75 Å². The Balaban J connectivity index is 2.20. The summed E-state index contributed by atoms with van der Waals surface area (Å²) in [5, 5.41) is 0. The van der Waals surface area contributed by atoms with Crippen molar-refractivity contribution in [3.8, 4) is 0 Å². The van der Waals surface area contributed by atoms with E-state index in [0.717, 1.165) is 23.2 Å². The average Bonchev–Trinajstić information content (AvgIpc) is 2.64. The van der Waals surface area contributed by atoms with Crippen molar-refractivity contribution in [1.29, 1.82) is 0 Å². The van der Waals surface area contributed by atoms with Crippen LogP contribution >= 0.6 is 24.4 Å². The smallest absolute Gasteiger partial charge is 0.113 e. The number of hydrogen-bond acceptors (Lipinski definition) is 3. The highest BCUT2D eigenvalue weighted by molar-refractivity contribution is 7.98. The Kier molecular flexibility index (Phi) is 5.56. The van der Waals surface area contributed by atoms with E-state index in [0.29, 0.717) is 5.92 Å². The Morgan fingerprint density at radius 3 is 2.79 bits per heavy atom. The molecule has 1 aromatic heterocycles. The van der Waals surface area contributed by atoms with Gasteiger partial charge in [0, 0.05) is 0 Å². The highest BCUT2D eigenvalue weighted by Crippen LogP contribution is 2.21. The van der Waals surface area contributed by atoms with Crippen molar-refractivity contribution in [3.05, 3.63) is 24.2 Å². The van der Waals surface area contributed by atoms with E-state index < -0.39 is 0 Å². The molecular weight excluding hydrogens is 212 g/mol. The van der Waals surface area contributed by atoms with Gasteiger partial charge in [-0.05, 0) is 35.5 Å². The molecule has 0 saturated carbocycles. The van der Waals surface area contributed by atoms with Crippen molar-refractivity contribution in [2.45, 2.75) is 19.6 Å². The van der Waals surface area contributed by atoms with E-state index in [4.69, 9.17) is 4.42 Å². The van der Waals surface area contributed by atoms with Gasteiger partial charge in [0.2, 0.25) is 0 Å². The Morgan fingerprint density at radius 2 is 2.29 bits per heavy atom. The van der Waals surface area contributed by atoms with Gasteiger partial charge in [0.05, 0.1) is 12.0 Å². The Labute approximate surface area is 96.1 Å². The van der Waals surface area contributed by atoms with Gasteiger partial charge in [-0.2, -0.15) is 24.4 Å². The third kappa shape index (κ3) is 4.01. The van der Waals surface area contributed by atoms with Gasteiger partial charge in [-0.25, -0.2) is 0 Å². The highest BCUT2D eigenvalue weighted by atomic mass is 32.2. The fourth-order valence-electron chi connectivity index (χ4n) is 1.16. The standard InChI is InChI=1S/C11H18OS2/c1-9(2)10(6-13)7-14-8-11-4-3-5-12-11/h3-5,9-10,13H,6-8H2,1-2H3. The minimum atomic E-state index is 0.707. The molecule has 0 aromatic carbocycles. The molecule has 1 rings (SSSR count). The summed E-state index contributed by atoms with van der Waals surface area (Å²) in [5.41, 5.74) is 0. The predicted octanol–water partition coefficient (Wildman–Crippen LogP) is 3.71. The molecule has 0 aliphatic rings. The van der Waals surface area contributed by atoms with Gasteiger partial charge in [0.15, 0.2) is 0 Å². The molecular formula is C11H18OS2. The topological polar surface area (TPSA) is 13.1 Å². The first kappa shape index (κ1) is 12.1. The van der Waals surface area contributed by atoms with Gasteiger partial charge >= 0.3 is 0 Å². The van der Waals surface area contributed by atoms with Crippen molar-refractivity contribution in [2.75, 3.05) is 11.5 Å². The number of thiol groups is 1. The maximum absolute atomic E-state index is 5.27. The lowest BCUT2D eigenvalue weighted by Gasteiger charge is -2.17. The van der Waals surface area contributed by atoms with Crippen LogP contribution in [0, 0.1) is 11.8 Å². The van der Waals surface area contributed by atoms with Gasteiger partial charge in [-0.3, -0.25) is 0 Å². The summed E-state index contributed by atoms with van der Waals surface area (Å²) in [6, 6.07) is 3.96. The largest absolute Gasteiger partial charge is 0.468 e. The monoisotopic (exact) mass is 230 g/mol. The molecule has 1 unspecified atom stereocenters. The van der Waals surface area contributed by atoms with Crippen molar-refractivity contribution in [3.63, 3.8) is 0 Å². The van der Waals surface area contributed by atoms with Gasteiger partial charge < -0.3 is 4.42 Å². The first-order chi connectivity index (χ1) is 6.74. The molecule has 0 fully saturated rings. The minimum Gasteiger partial charge on any atom is -0.468 e. The molecule has 0 radical (unpaired) electrons. The van der Waals surface area contributed by atoms with Crippen LogP contribution in [0.15, 0.2) is 22.8 Å². The van der Waals surface area contributed by atoms with Crippen LogP contribution in [0.2, 0.25) is 0 Å². The second-order valence-electron chi connectivity index (χ2n) is 3.78. The first-order valence-electron chi connectivity index (χ1n) is 4.95. The van der Waals surface area contributed by atoms with E-state index in [1.807, 2.05) is 23.9 Å². The summed E-state index contributed by atoms with van der Waals surface area (Å²) in [4.78, 5) is 0. The number of furan rings is 1. The number of hydrogen-bond donors (Lipinski definition) is 1. The molecule has 1 atom stereocenters. The molecule has 1 aromatic rings. The molecule has 1 heterocycles. The van der Waals surface area contributed by atoms with Gasteiger partial charge in [0.25, 0.3) is 0 Å². The van der Waals surface area contributed by atoms with Crippen LogP contribution in [0.1, 0.15) is 19.6 Å². The number of rotatable bonds is 6. The lowest BCUT2D eigenvalue weighted by Crippen LogP contribution is -2.13. The Morgan fingerprint density at radius 1 is 1.50 bits per heavy atom. The second-order valence-corrected chi connectivity index (χ2v) is 5.18. The zero-order valence-corrected chi connectivity index (χ0v) is 10.5. The highest BCUT2D eigenvalue weighted by Gasteiger charge is 2.11. The van der Waals surface area contributed by atoms with E-state index in [9.17, 15) is 0 Å². The Bertz CT molecular complexity index is 231. The van der Waals surface area contributed by atoms with Crippen molar-refractivity contribution < 1.29 is 4.42 Å². The van der Waals surface area contributed by atoms with Crippen molar-refractivity contribution in [2.24, 2.45) is 11.8 Å². The normalized spacial score (nSPS) is 13.4. The van der Waals surface area contributed by atoms with Crippen LogP contribution in [-0.4, -0.2) is 11.5 Å². The summed E-state index contributed by atoms with van der Waals surface area (Å²) >= 11 is 6.30. The van der Waals surface area contributed by atoms with Gasteiger partial charge in [-0.1, -0.05) is 13.8 Å². The molecule has 14 heavy (non-hydrogen) atoms. The molecule has 0 aliphatic heterocycles. The fourth-order valence-corrected chi connectivity index (χ4v) is 3.18. The fraction of sp³-hybridized carbons (Fsp3) is 0.636. The van der Waals surface area contributed by atoms with Crippen LogP contribution in [0.25, 0.3) is 0 Å². The van der Waals surface area contributed by atoms with Gasteiger partial charge in [0.1, 0.15) is 5.76 Å². The lowest BCUT2D eigenvalue weighted by atomic mass is 10.0. The predicted molar refractivity (Wildman–Crippen MR) is 67.1 cm³/mol. The van der Waals surface area contributed by atoms with Crippen LogP contribution < -0.4 is 0 Å². The third-order valence-electron chi connectivity index (χ3n) is 2.33. The van der Waals surface area contributed by atoms with E-state index in [1.54, 1.807) is 6.26 Å². The summed E-state index contributed by atoms with van der Waals surface area (Å²) < 4.78 is 5.27. The molecule has 0 spiro atoms. The lowest BCUT2D eigenvalue weighted by molar-refractivity contribution is 0.472. The maximum atomic E-state index is 5.27. The molecule has 80 valence electrons. The first-order valence-corrected chi connectivity index (χ1v) is 6.73. The van der Waals surface area contributed by atoms with Crippen molar-refractivity contribution in [1.82, 2.24) is 0 Å². The molecule has 0 N–H and O–H groups in total. The molecule has 0 aliphatic carbocycles. The zero-order chi connectivity index (χ0) is 10.4. The average molecular weight is 230 g/mol. The zero-order valence-electron chi connectivity index (χ0n) is 8.77. The SMILES string of the molecule is CC(C)C(CS)CSCc1ccco1. The van der Waals surface area contributed by atoms with Crippen LogP contribution in [-0.2, 0) is 5.75 Å². The van der Waals surface area contributed by atoms with Crippen molar-refractivity contribution >= 4 is 24.4 Å². The van der Waals surface area contributed by atoms with Gasteiger partial charge in [-0.15, -0.1) is 0 Å². The quantitative estimate of drug-likeness (QED) is 0.748. The van der Waals surface area contributed by atoms with Crippen LogP contribution in [0.3, 0.4) is 0 Å². The van der Waals surface area contributed by atoms with Crippen LogP contribution in [0.4, 0.5) is 0 Å². The summed E-state index contributed by atoms with van der Waals surface area (Å²) in [7, 11) is 0. The number of thioether (sulfide) groups is 1. The van der Waals surface area contributed by atoms with E-state index >= 15 is 0 Å². The van der Waals surface area contributed by atoms with E-state index in [-0.39, 0.29) is 0 Å². The minimum absolute atomic E-state index is 0.707. The molecule has 0 saturated heterocycles. The molecule has 0 amide bonds. The maximum Gasteiger partial charge on any atom is 0.113 e. The third-order valence-corrected chi connectivity index (χ3v) is 3.96. The van der Waals surface area contributed by atoms with E-state index in [2.05, 4.69) is 26.5 Å². The summed E-state index contributed by atoms with van der Waals surface area (Å²) in [5.74, 6) is 5.61. The van der Waals surface area contributed by atoms with Crippen LogP contribution in [0.5, 0.6) is 0 Å².